The lowest BCUT2D eigenvalue weighted by Crippen LogP contribution is -1.87. The summed E-state index contributed by atoms with van der Waals surface area (Å²) in [4.78, 5) is 0.906. The molecule has 0 spiro atoms. The smallest absolute Gasteiger partial charge is 0.140 e. The maximum atomic E-state index is 13.5. The molecule has 0 aliphatic carbocycles. The average Bonchev–Trinajstić information content (AvgIpc) is 2.33. The van der Waals surface area contributed by atoms with Crippen molar-refractivity contribution in [3.63, 3.8) is 0 Å². The van der Waals surface area contributed by atoms with E-state index < -0.39 is 11.6 Å². The molecule has 2 rings (SSSR count). The Morgan fingerprint density at radius 2 is 1.89 bits per heavy atom. The van der Waals surface area contributed by atoms with E-state index in [1.165, 1.54) is 12.1 Å². The number of nitriles is 1. The highest BCUT2D eigenvalue weighted by atomic mass is 79.9. The van der Waals surface area contributed by atoms with Gasteiger partial charge in [0.25, 0.3) is 0 Å². The van der Waals surface area contributed by atoms with E-state index in [9.17, 15) is 8.78 Å². The van der Waals surface area contributed by atoms with E-state index in [4.69, 9.17) is 5.26 Å². The van der Waals surface area contributed by atoms with E-state index in [1.54, 1.807) is 18.2 Å². The van der Waals surface area contributed by atoms with E-state index in [-0.39, 0.29) is 4.90 Å². The highest BCUT2D eigenvalue weighted by Crippen LogP contribution is 2.34. The summed E-state index contributed by atoms with van der Waals surface area (Å²) < 4.78 is 27.0. The lowest BCUT2D eigenvalue weighted by Gasteiger charge is -2.06. The zero-order valence-electron chi connectivity index (χ0n) is 8.95. The molecule has 0 bridgehead atoms. The summed E-state index contributed by atoms with van der Waals surface area (Å²) in [7, 11) is 0. The second-order valence-corrected chi connectivity index (χ2v) is 5.34. The average molecular weight is 326 g/mol. The topological polar surface area (TPSA) is 23.8 Å². The number of benzene rings is 2. The van der Waals surface area contributed by atoms with Gasteiger partial charge in [0.1, 0.15) is 17.7 Å². The minimum atomic E-state index is -0.635. The molecule has 0 saturated carbocycles. The van der Waals surface area contributed by atoms with Gasteiger partial charge in [0.2, 0.25) is 0 Å². The third-order valence-corrected chi connectivity index (χ3v) is 3.97. The molecule has 0 heterocycles. The van der Waals surface area contributed by atoms with Crippen LogP contribution in [0.25, 0.3) is 0 Å². The Kier molecular flexibility index (Phi) is 4.00. The zero-order chi connectivity index (χ0) is 13.1. The minimum absolute atomic E-state index is 0.283. The predicted molar refractivity (Wildman–Crippen MR) is 69.3 cm³/mol. The first-order valence-electron chi connectivity index (χ1n) is 4.93. The SMILES string of the molecule is N#Cc1c(Br)cccc1Sc1ccc(F)cc1F. The molecule has 0 radical (unpaired) electrons. The highest BCUT2D eigenvalue weighted by molar-refractivity contribution is 9.10. The second-order valence-electron chi connectivity index (χ2n) is 3.40. The van der Waals surface area contributed by atoms with Crippen molar-refractivity contribution in [2.24, 2.45) is 0 Å². The first-order chi connectivity index (χ1) is 8.61. The van der Waals surface area contributed by atoms with Crippen LogP contribution < -0.4 is 0 Å². The molecule has 5 heteroatoms. The van der Waals surface area contributed by atoms with Crippen LogP contribution >= 0.6 is 27.7 Å². The molecule has 0 saturated heterocycles. The van der Waals surface area contributed by atoms with Gasteiger partial charge < -0.3 is 0 Å². The van der Waals surface area contributed by atoms with E-state index in [1.807, 2.05) is 0 Å². The molecule has 0 N–H and O–H groups in total. The van der Waals surface area contributed by atoms with Crippen molar-refractivity contribution in [2.75, 3.05) is 0 Å². The van der Waals surface area contributed by atoms with Gasteiger partial charge >= 0.3 is 0 Å². The standard InChI is InChI=1S/C13H6BrF2NS/c14-10-2-1-3-12(9(10)7-17)18-13-5-4-8(15)6-11(13)16/h1-6H. The second kappa shape index (κ2) is 5.51. The summed E-state index contributed by atoms with van der Waals surface area (Å²) in [5.41, 5.74) is 0.436. The van der Waals surface area contributed by atoms with Crippen molar-refractivity contribution in [3.05, 3.63) is 58.1 Å². The van der Waals surface area contributed by atoms with E-state index in [0.29, 0.717) is 14.9 Å². The summed E-state index contributed by atoms with van der Waals surface area (Å²) in [6, 6.07) is 10.6. The van der Waals surface area contributed by atoms with Crippen molar-refractivity contribution >= 4 is 27.7 Å². The number of nitrogens with zero attached hydrogens (tertiary/aromatic N) is 1. The lowest BCUT2D eigenvalue weighted by molar-refractivity contribution is 0.565. The molecule has 0 aliphatic rings. The highest BCUT2D eigenvalue weighted by Gasteiger charge is 2.10. The van der Waals surface area contributed by atoms with Gasteiger partial charge in [-0.05, 0) is 40.2 Å². The monoisotopic (exact) mass is 325 g/mol. The van der Waals surface area contributed by atoms with Crippen molar-refractivity contribution < 1.29 is 8.78 Å². The molecule has 2 aromatic carbocycles. The molecule has 18 heavy (non-hydrogen) atoms. The van der Waals surface area contributed by atoms with Gasteiger partial charge in [-0.15, -0.1) is 0 Å². The summed E-state index contributed by atoms with van der Waals surface area (Å²) in [5.74, 6) is -1.25. The molecular weight excluding hydrogens is 320 g/mol. The Labute approximate surface area is 116 Å². The first kappa shape index (κ1) is 13.1. The lowest BCUT2D eigenvalue weighted by atomic mass is 10.2. The molecule has 2 aromatic rings. The molecule has 0 unspecified atom stereocenters. The summed E-state index contributed by atoms with van der Waals surface area (Å²) in [6.45, 7) is 0. The number of rotatable bonds is 2. The number of halogens is 3. The molecule has 0 amide bonds. The Bertz CT molecular complexity index is 637. The van der Waals surface area contributed by atoms with Gasteiger partial charge in [-0.2, -0.15) is 5.26 Å². The van der Waals surface area contributed by atoms with Crippen LogP contribution in [-0.4, -0.2) is 0 Å². The third kappa shape index (κ3) is 2.71. The van der Waals surface area contributed by atoms with Crippen molar-refractivity contribution in [2.45, 2.75) is 9.79 Å². The predicted octanol–water partition coefficient (Wildman–Crippen LogP) is 4.75. The Hall–Kier alpha value is -1.38. The van der Waals surface area contributed by atoms with Crippen LogP contribution in [0.5, 0.6) is 0 Å². The summed E-state index contributed by atoms with van der Waals surface area (Å²) in [6.07, 6.45) is 0. The molecular formula is C13H6BrF2NS. The molecule has 1 nitrogen and oxygen atoms in total. The van der Waals surface area contributed by atoms with E-state index in [0.717, 1.165) is 17.8 Å². The Morgan fingerprint density at radius 3 is 2.56 bits per heavy atom. The normalized spacial score (nSPS) is 10.1. The summed E-state index contributed by atoms with van der Waals surface area (Å²) in [5, 5.41) is 9.04. The van der Waals surface area contributed by atoms with Gasteiger partial charge in [-0.25, -0.2) is 8.78 Å². The fourth-order valence-electron chi connectivity index (χ4n) is 1.37. The van der Waals surface area contributed by atoms with E-state index >= 15 is 0 Å². The molecule has 90 valence electrons. The zero-order valence-corrected chi connectivity index (χ0v) is 11.4. The number of hydrogen-bond donors (Lipinski definition) is 0. The van der Waals surface area contributed by atoms with Gasteiger partial charge in [-0.1, -0.05) is 17.8 Å². The van der Waals surface area contributed by atoms with Crippen molar-refractivity contribution in [3.8, 4) is 6.07 Å². The fraction of sp³-hybridized carbons (Fsp3) is 0. The molecule has 0 aliphatic heterocycles. The van der Waals surface area contributed by atoms with Crippen LogP contribution in [0.1, 0.15) is 5.56 Å². The van der Waals surface area contributed by atoms with Crippen molar-refractivity contribution in [1.82, 2.24) is 0 Å². The van der Waals surface area contributed by atoms with Crippen LogP contribution in [0, 0.1) is 23.0 Å². The Balaban J connectivity index is 2.41. The van der Waals surface area contributed by atoms with Crippen LogP contribution in [-0.2, 0) is 0 Å². The minimum Gasteiger partial charge on any atom is -0.207 e. The van der Waals surface area contributed by atoms with Gasteiger partial charge in [-0.3, -0.25) is 0 Å². The summed E-state index contributed by atoms with van der Waals surface area (Å²) >= 11 is 4.36. The quantitative estimate of drug-likeness (QED) is 0.795. The van der Waals surface area contributed by atoms with E-state index in [2.05, 4.69) is 22.0 Å². The van der Waals surface area contributed by atoms with Crippen molar-refractivity contribution in [1.29, 1.82) is 5.26 Å². The maximum Gasteiger partial charge on any atom is 0.140 e. The first-order valence-corrected chi connectivity index (χ1v) is 6.54. The van der Waals surface area contributed by atoms with Gasteiger partial charge in [0, 0.05) is 20.3 Å². The van der Waals surface area contributed by atoms with Crippen LogP contribution in [0.2, 0.25) is 0 Å². The number of hydrogen-bond acceptors (Lipinski definition) is 2. The molecule has 0 fully saturated rings. The van der Waals surface area contributed by atoms with Crippen LogP contribution in [0.3, 0.4) is 0 Å². The van der Waals surface area contributed by atoms with Crippen LogP contribution in [0.4, 0.5) is 8.78 Å². The third-order valence-electron chi connectivity index (χ3n) is 2.20. The largest absolute Gasteiger partial charge is 0.207 e. The molecule has 0 aromatic heterocycles. The maximum absolute atomic E-state index is 13.5. The van der Waals surface area contributed by atoms with Gasteiger partial charge in [0.05, 0.1) is 5.56 Å². The molecule has 0 atom stereocenters. The van der Waals surface area contributed by atoms with Gasteiger partial charge in [0.15, 0.2) is 0 Å². The van der Waals surface area contributed by atoms with Crippen LogP contribution in [0.15, 0.2) is 50.7 Å². The Morgan fingerprint density at radius 1 is 1.11 bits per heavy atom. The fourth-order valence-corrected chi connectivity index (χ4v) is 2.89.